The maximum absolute atomic E-state index is 12.3. The van der Waals surface area contributed by atoms with Gasteiger partial charge in [0.1, 0.15) is 5.60 Å². The molecule has 0 bridgehead atoms. The molecule has 5 heteroatoms. The van der Waals surface area contributed by atoms with E-state index in [0.29, 0.717) is 19.4 Å². The van der Waals surface area contributed by atoms with Crippen LogP contribution in [-0.2, 0) is 20.9 Å². The predicted octanol–water partition coefficient (Wildman–Crippen LogP) is 3.52. The van der Waals surface area contributed by atoms with E-state index in [9.17, 15) is 9.59 Å². The van der Waals surface area contributed by atoms with Crippen molar-refractivity contribution in [3.63, 3.8) is 0 Å². The predicted molar refractivity (Wildman–Crippen MR) is 86.8 cm³/mol. The highest BCUT2D eigenvalue weighted by atomic mass is 16.6. The van der Waals surface area contributed by atoms with Crippen LogP contribution in [0.2, 0.25) is 0 Å². The molecule has 0 N–H and O–H groups in total. The summed E-state index contributed by atoms with van der Waals surface area (Å²) in [6.45, 7) is 7.65. The number of hydrogen-bond acceptors (Lipinski definition) is 4. The molecule has 0 spiro atoms. The van der Waals surface area contributed by atoms with Crippen LogP contribution in [0.4, 0.5) is 4.79 Å². The van der Waals surface area contributed by atoms with Crippen molar-refractivity contribution in [1.82, 2.24) is 4.90 Å². The Kier molecular flexibility index (Phi) is 5.42. The van der Waals surface area contributed by atoms with Crippen LogP contribution in [0.3, 0.4) is 0 Å². The Balaban J connectivity index is 2.00. The summed E-state index contributed by atoms with van der Waals surface area (Å²) in [5.74, 6) is -0.202. The van der Waals surface area contributed by atoms with Gasteiger partial charge < -0.3 is 9.47 Å². The highest BCUT2D eigenvalue weighted by Crippen LogP contribution is 2.24. The first-order chi connectivity index (χ1) is 10.8. The van der Waals surface area contributed by atoms with Crippen molar-refractivity contribution in [3.8, 4) is 0 Å². The van der Waals surface area contributed by atoms with Crippen LogP contribution >= 0.6 is 0 Å². The minimum Gasteiger partial charge on any atom is -0.443 e. The van der Waals surface area contributed by atoms with Crippen LogP contribution in [0.25, 0.3) is 0 Å². The van der Waals surface area contributed by atoms with Gasteiger partial charge in [-0.25, -0.2) is 9.69 Å². The van der Waals surface area contributed by atoms with Gasteiger partial charge in [-0.2, -0.15) is 0 Å². The monoisotopic (exact) mass is 319 g/mol. The quantitative estimate of drug-likeness (QED) is 0.855. The van der Waals surface area contributed by atoms with E-state index < -0.39 is 11.7 Å². The number of amides is 2. The lowest BCUT2D eigenvalue weighted by molar-refractivity contribution is -0.142. The van der Waals surface area contributed by atoms with E-state index in [4.69, 9.17) is 9.47 Å². The number of nitrogens with zero attached hydrogens (tertiary/aromatic N) is 1. The van der Waals surface area contributed by atoms with Gasteiger partial charge in [-0.3, -0.25) is 4.79 Å². The molecule has 126 valence electrons. The lowest BCUT2D eigenvalue weighted by Crippen LogP contribution is -2.54. The van der Waals surface area contributed by atoms with E-state index in [1.54, 1.807) is 20.8 Å². The molecular weight excluding hydrogens is 294 g/mol. The van der Waals surface area contributed by atoms with Crippen LogP contribution in [0.5, 0.6) is 0 Å². The first-order valence-electron chi connectivity index (χ1n) is 7.98. The standard InChI is InChI=1S/C18H25NO4/c1-13-15(22-12-14-8-6-5-7-9-14)10-11-16(20)19(13)17(21)23-18(2,3)4/h5-9,13,15H,10-12H2,1-4H3/t13-,15+/m0/s1. The van der Waals surface area contributed by atoms with Gasteiger partial charge in [0.2, 0.25) is 5.91 Å². The van der Waals surface area contributed by atoms with Crippen molar-refractivity contribution >= 4 is 12.0 Å². The van der Waals surface area contributed by atoms with Crippen LogP contribution in [0, 0.1) is 0 Å². The second kappa shape index (κ2) is 7.13. The van der Waals surface area contributed by atoms with Crippen molar-refractivity contribution in [2.75, 3.05) is 0 Å². The molecule has 2 atom stereocenters. The summed E-state index contributed by atoms with van der Waals surface area (Å²) in [4.78, 5) is 25.6. The van der Waals surface area contributed by atoms with Crippen LogP contribution in [0.1, 0.15) is 46.1 Å². The lowest BCUT2D eigenvalue weighted by Gasteiger charge is -2.38. The molecule has 0 aromatic heterocycles. The number of piperidine rings is 1. The second-order valence-electron chi connectivity index (χ2n) is 6.86. The Hall–Kier alpha value is -1.88. The molecule has 1 aliphatic heterocycles. The Labute approximate surface area is 137 Å². The molecule has 2 rings (SSSR count). The topological polar surface area (TPSA) is 55.8 Å². The summed E-state index contributed by atoms with van der Waals surface area (Å²) in [5.41, 5.74) is 0.440. The fraction of sp³-hybridized carbons (Fsp3) is 0.556. The lowest BCUT2D eigenvalue weighted by atomic mass is 10.00. The van der Waals surface area contributed by atoms with E-state index in [1.165, 1.54) is 4.90 Å². The number of hydrogen-bond donors (Lipinski definition) is 0. The molecule has 1 aromatic rings. The van der Waals surface area contributed by atoms with Gasteiger partial charge in [-0.05, 0) is 39.7 Å². The van der Waals surface area contributed by atoms with E-state index in [-0.39, 0.29) is 18.1 Å². The summed E-state index contributed by atoms with van der Waals surface area (Å²) in [6, 6.07) is 9.51. The number of carbonyl (C=O) groups excluding carboxylic acids is 2. The van der Waals surface area contributed by atoms with Crippen LogP contribution < -0.4 is 0 Å². The third kappa shape index (κ3) is 4.79. The SMILES string of the molecule is C[C@H]1[C@H](OCc2ccccc2)CCC(=O)N1C(=O)OC(C)(C)C. The number of benzene rings is 1. The summed E-state index contributed by atoms with van der Waals surface area (Å²) in [5, 5.41) is 0. The molecular formula is C18H25NO4. The van der Waals surface area contributed by atoms with Crippen molar-refractivity contribution in [2.45, 2.75) is 64.9 Å². The van der Waals surface area contributed by atoms with Gasteiger partial charge >= 0.3 is 6.09 Å². The first kappa shape index (κ1) is 17.5. The normalized spacial score (nSPS) is 22.1. The van der Waals surface area contributed by atoms with E-state index in [1.807, 2.05) is 37.3 Å². The Morgan fingerprint density at radius 1 is 1.26 bits per heavy atom. The summed E-state index contributed by atoms with van der Waals surface area (Å²) < 4.78 is 11.3. The molecule has 1 aliphatic rings. The summed E-state index contributed by atoms with van der Waals surface area (Å²) in [7, 11) is 0. The smallest absolute Gasteiger partial charge is 0.417 e. The molecule has 1 aromatic carbocycles. The molecule has 0 unspecified atom stereocenters. The molecule has 23 heavy (non-hydrogen) atoms. The number of ether oxygens (including phenoxy) is 2. The minimum absolute atomic E-state index is 0.180. The molecule has 0 saturated carbocycles. The molecule has 2 amide bonds. The van der Waals surface area contributed by atoms with Crippen LogP contribution in [0.15, 0.2) is 30.3 Å². The van der Waals surface area contributed by atoms with Gasteiger partial charge in [0.15, 0.2) is 0 Å². The molecule has 0 aliphatic carbocycles. The maximum atomic E-state index is 12.3. The largest absolute Gasteiger partial charge is 0.443 e. The Morgan fingerprint density at radius 3 is 2.52 bits per heavy atom. The maximum Gasteiger partial charge on any atom is 0.417 e. The molecule has 1 fully saturated rings. The average Bonchev–Trinajstić information content (AvgIpc) is 2.45. The molecule has 5 nitrogen and oxygen atoms in total. The van der Waals surface area contributed by atoms with E-state index in [0.717, 1.165) is 5.56 Å². The zero-order valence-electron chi connectivity index (χ0n) is 14.2. The number of rotatable bonds is 3. The van der Waals surface area contributed by atoms with Crippen LogP contribution in [-0.4, -0.2) is 34.6 Å². The molecule has 0 radical (unpaired) electrons. The number of carbonyl (C=O) groups is 2. The van der Waals surface area contributed by atoms with Crippen molar-refractivity contribution in [3.05, 3.63) is 35.9 Å². The highest BCUT2D eigenvalue weighted by Gasteiger charge is 2.39. The van der Waals surface area contributed by atoms with Gasteiger partial charge in [0.05, 0.1) is 18.8 Å². The van der Waals surface area contributed by atoms with Crippen molar-refractivity contribution in [1.29, 1.82) is 0 Å². The van der Waals surface area contributed by atoms with E-state index >= 15 is 0 Å². The van der Waals surface area contributed by atoms with Gasteiger partial charge in [0, 0.05) is 6.42 Å². The third-order valence-electron chi connectivity index (χ3n) is 3.75. The number of likely N-dealkylation sites (tertiary alicyclic amines) is 1. The second-order valence-corrected chi connectivity index (χ2v) is 6.86. The summed E-state index contributed by atoms with van der Waals surface area (Å²) >= 11 is 0. The van der Waals surface area contributed by atoms with Gasteiger partial charge in [-0.1, -0.05) is 30.3 Å². The highest BCUT2D eigenvalue weighted by molar-refractivity contribution is 5.93. The Bertz CT molecular complexity index is 550. The fourth-order valence-corrected chi connectivity index (χ4v) is 2.60. The third-order valence-corrected chi connectivity index (χ3v) is 3.75. The average molecular weight is 319 g/mol. The van der Waals surface area contributed by atoms with Crippen molar-refractivity contribution in [2.24, 2.45) is 0 Å². The van der Waals surface area contributed by atoms with E-state index in [2.05, 4.69) is 0 Å². The molecule has 1 heterocycles. The zero-order valence-corrected chi connectivity index (χ0v) is 14.2. The fourth-order valence-electron chi connectivity index (χ4n) is 2.60. The van der Waals surface area contributed by atoms with Gasteiger partial charge in [-0.15, -0.1) is 0 Å². The molecule has 1 saturated heterocycles. The first-order valence-corrected chi connectivity index (χ1v) is 7.98. The Morgan fingerprint density at radius 2 is 1.91 bits per heavy atom. The zero-order chi connectivity index (χ0) is 17.0. The number of imide groups is 1. The minimum atomic E-state index is -0.630. The summed E-state index contributed by atoms with van der Waals surface area (Å²) in [6.07, 6.45) is 0.137. The van der Waals surface area contributed by atoms with Crippen molar-refractivity contribution < 1.29 is 19.1 Å². The van der Waals surface area contributed by atoms with Gasteiger partial charge in [0.25, 0.3) is 0 Å².